The van der Waals surface area contributed by atoms with E-state index in [1.165, 1.54) is 0 Å². The van der Waals surface area contributed by atoms with E-state index in [1.807, 2.05) is 42.5 Å². The second-order valence-electron chi connectivity index (χ2n) is 3.15. The van der Waals surface area contributed by atoms with Crippen molar-refractivity contribution in [3.8, 4) is 11.1 Å². The number of nitrogens with two attached hydrogens (primary N) is 2. The van der Waals surface area contributed by atoms with Gasteiger partial charge in [0.2, 0.25) is 0 Å². The zero-order valence-electron chi connectivity index (χ0n) is 7.70. The molecule has 2 heteroatoms. The van der Waals surface area contributed by atoms with E-state index in [0.717, 1.165) is 16.8 Å². The molecule has 4 N–H and O–H groups in total. The first-order valence-corrected chi connectivity index (χ1v) is 4.39. The molecule has 0 aliphatic heterocycles. The molecule has 2 rings (SSSR count). The fourth-order valence-corrected chi connectivity index (χ4v) is 1.34. The summed E-state index contributed by atoms with van der Waals surface area (Å²) in [6, 6.07) is 16.3. The minimum atomic E-state index is 0.652. The molecule has 0 aliphatic carbocycles. The van der Waals surface area contributed by atoms with Gasteiger partial charge in [0.15, 0.2) is 0 Å². The Morgan fingerprint density at radius 1 is 0.857 bits per heavy atom. The first kappa shape index (κ1) is 8.63. The van der Waals surface area contributed by atoms with Crippen molar-refractivity contribution in [1.82, 2.24) is 0 Å². The second-order valence-corrected chi connectivity index (χ2v) is 3.15. The van der Waals surface area contributed by atoms with E-state index in [2.05, 4.69) is 6.07 Å². The topological polar surface area (TPSA) is 52.0 Å². The number of anilines is 2. The molecule has 1 radical (unpaired) electrons. The van der Waals surface area contributed by atoms with Gasteiger partial charge in [0.1, 0.15) is 0 Å². The first-order valence-electron chi connectivity index (χ1n) is 4.39. The lowest BCUT2D eigenvalue weighted by atomic mass is 10.1. The number of hydrogen-bond acceptors (Lipinski definition) is 2. The van der Waals surface area contributed by atoms with Gasteiger partial charge < -0.3 is 11.5 Å². The van der Waals surface area contributed by atoms with Crippen LogP contribution in [0.5, 0.6) is 0 Å². The smallest absolute Gasteiger partial charge is 0.0400 e. The van der Waals surface area contributed by atoms with Crippen molar-refractivity contribution in [3.05, 3.63) is 48.5 Å². The van der Waals surface area contributed by atoms with E-state index in [0.29, 0.717) is 5.69 Å². The van der Waals surface area contributed by atoms with Crippen LogP contribution in [-0.4, -0.2) is 0 Å². The fraction of sp³-hybridized carbons (Fsp3) is 0. The van der Waals surface area contributed by atoms with Crippen LogP contribution < -0.4 is 11.5 Å². The normalized spacial score (nSPS) is 10.0. The highest BCUT2D eigenvalue weighted by atomic mass is 14.5. The molecule has 0 unspecified atom stereocenters. The number of benzene rings is 2. The fourth-order valence-electron chi connectivity index (χ4n) is 1.34. The standard InChI is InChI=1S/C12H11N2/c13-11-6-4-9(5-7-11)10-2-1-3-12(14)8-10/h1-2,4-8H,13-14H2. The predicted octanol–water partition coefficient (Wildman–Crippen LogP) is 2.32. The predicted molar refractivity (Wildman–Crippen MR) is 59.5 cm³/mol. The molecule has 0 aliphatic rings. The molecule has 0 bridgehead atoms. The average molecular weight is 183 g/mol. The molecule has 0 saturated heterocycles. The van der Waals surface area contributed by atoms with Gasteiger partial charge in [-0.1, -0.05) is 24.3 Å². The number of hydrogen-bond donors (Lipinski definition) is 2. The highest BCUT2D eigenvalue weighted by molar-refractivity contribution is 5.68. The van der Waals surface area contributed by atoms with E-state index in [1.54, 1.807) is 0 Å². The molecule has 14 heavy (non-hydrogen) atoms. The monoisotopic (exact) mass is 183 g/mol. The van der Waals surface area contributed by atoms with Crippen LogP contribution in [0.3, 0.4) is 0 Å². The van der Waals surface area contributed by atoms with Crippen molar-refractivity contribution in [3.63, 3.8) is 0 Å². The highest BCUT2D eigenvalue weighted by Crippen LogP contribution is 2.21. The number of rotatable bonds is 1. The SMILES string of the molecule is Nc1[c]ccc(-c2ccc(N)cc2)c1. The van der Waals surface area contributed by atoms with Crippen molar-refractivity contribution in [2.75, 3.05) is 11.5 Å². The molecule has 0 atom stereocenters. The van der Waals surface area contributed by atoms with E-state index in [4.69, 9.17) is 11.5 Å². The van der Waals surface area contributed by atoms with Gasteiger partial charge in [0.05, 0.1) is 0 Å². The molecular weight excluding hydrogens is 172 g/mol. The van der Waals surface area contributed by atoms with Gasteiger partial charge in [0.25, 0.3) is 0 Å². The minimum absolute atomic E-state index is 0.652. The maximum Gasteiger partial charge on any atom is 0.0400 e. The Kier molecular flexibility index (Phi) is 2.11. The van der Waals surface area contributed by atoms with Crippen LogP contribution >= 0.6 is 0 Å². The Balaban J connectivity index is 2.44. The summed E-state index contributed by atoms with van der Waals surface area (Å²) in [6.45, 7) is 0. The lowest BCUT2D eigenvalue weighted by Crippen LogP contribution is -1.86. The Hall–Kier alpha value is -1.96. The molecule has 0 aromatic heterocycles. The molecule has 2 aromatic carbocycles. The van der Waals surface area contributed by atoms with Gasteiger partial charge in [-0.25, -0.2) is 0 Å². The van der Waals surface area contributed by atoms with E-state index >= 15 is 0 Å². The zero-order chi connectivity index (χ0) is 9.97. The van der Waals surface area contributed by atoms with Crippen LogP contribution in [0.25, 0.3) is 11.1 Å². The third-order valence-corrected chi connectivity index (χ3v) is 2.07. The summed E-state index contributed by atoms with van der Waals surface area (Å²) in [7, 11) is 0. The van der Waals surface area contributed by atoms with E-state index < -0.39 is 0 Å². The highest BCUT2D eigenvalue weighted by Gasteiger charge is 1.96. The quantitative estimate of drug-likeness (QED) is 0.666. The van der Waals surface area contributed by atoms with Crippen molar-refractivity contribution in [2.45, 2.75) is 0 Å². The maximum atomic E-state index is 5.65. The van der Waals surface area contributed by atoms with Crippen LogP contribution in [0.1, 0.15) is 0 Å². The summed E-state index contributed by atoms with van der Waals surface area (Å²) in [5.41, 5.74) is 14.9. The molecule has 69 valence electrons. The third-order valence-electron chi connectivity index (χ3n) is 2.07. The third kappa shape index (κ3) is 1.69. The van der Waals surface area contributed by atoms with E-state index in [-0.39, 0.29) is 0 Å². The lowest BCUT2D eigenvalue weighted by molar-refractivity contribution is 1.60. The summed E-state index contributed by atoms with van der Waals surface area (Å²) in [5, 5.41) is 0. The number of nitrogen functional groups attached to an aromatic ring is 2. The molecule has 0 fully saturated rings. The van der Waals surface area contributed by atoms with Crippen LogP contribution in [0.2, 0.25) is 0 Å². The Morgan fingerprint density at radius 3 is 2.21 bits per heavy atom. The first-order chi connectivity index (χ1) is 6.75. The Bertz CT molecular complexity index is 432. The summed E-state index contributed by atoms with van der Waals surface area (Å²) >= 11 is 0. The molecule has 0 heterocycles. The Morgan fingerprint density at radius 2 is 1.57 bits per heavy atom. The minimum Gasteiger partial charge on any atom is -0.399 e. The largest absolute Gasteiger partial charge is 0.399 e. The van der Waals surface area contributed by atoms with Gasteiger partial charge in [-0.2, -0.15) is 0 Å². The molecular formula is C12H11N2. The van der Waals surface area contributed by atoms with Crippen molar-refractivity contribution < 1.29 is 0 Å². The summed E-state index contributed by atoms with van der Waals surface area (Å²) in [4.78, 5) is 0. The summed E-state index contributed by atoms with van der Waals surface area (Å²) in [6.07, 6.45) is 0. The van der Waals surface area contributed by atoms with Crippen molar-refractivity contribution in [1.29, 1.82) is 0 Å². The zero-order valence-corrected chi connectivity index (χ0v) is 7.70. The summed E-state index contributed by atoms with van der Waals surface area (Å²) in [5.74, 6) is 0. The maximum absolute atomic E-state index is 5.65. The summed E-state index contributed by atoms with van der Waals surface area (Å²) < 4.78 is 0. The Labute approximate surface area is 83.2 Å². The molecule has 0 saturated carbocycles. The van der Waals surface area contributed by atoms with Crippen LogP contribution in [0.15, 0.2) is 42.5 Å². The molecule has 2 aromatic rings. The lowest BCUT2D eigenvalue weighted by Gasteiger charge is -2.02. The van der Waals surface area contributed by atoms with Gasteiger partial charge in [0, 0.05) is 17.4 Å². The van der Waals surface area contributed by atoms with Gasteiger partial charge in [-0.3, -0.25) is 0 Å². The van der Waals surface area contributed by atoms with Crippen LogP contribution in [0.4, 0.5) is 11.4 Å². The van der Waals surface area contributed by atoms with Gasteiger partial charge >= 0.3 is 0 Å². The van der Waals surface area contributed by atoms with Gasteiger partial charge in [-0.15, -0.1) is 0 Å². The average Bonchev–Trinajstić information content (AvgIpc) is 2.19. The van der Waals surface area contributed by atoms with E-state index in [9.17, 15) is 0 Å². The molecule has 0 amide bonds. The molecule has 0 spiro atoms. The van der Waals surface area contributed by atoms with Gasteiger partial charge in [-0.05, 0) is 29.3 Å². The van der Waals surface area contributed by atoms with Crippen LogP contribution in [-0.2, 0) is 0 Å². The van der Waals surface area contributed by atoms with Crippen LogP contribution in [0, 0.1) is 6.07 Å². The second kappa shape index (κ2) is 3.42. The van der Waals surface area contributed by atoms with Crippen molar-refractivity contribution in [2.24, 2.45) is 0 Å². The molecule has 2 nitrogen and oxygen atoms in total. The van der Waals surface area contributed by atoms with Crippen molar-refractivity contribution >= 4 is 11.4 Å².